The molecule has 9 nitrogen and oxygen atoms in total. The van der Waals surface area contributed by atoms with Crippen molar-refractivity contribution in [2.75, 3.05) is 35.7 Å². The van der Waals surface area contributed by atoms with Gasteiger partial charge in [-0.05, 0) is 24.3 Å². The summed E-state index contributed by atoms with van der Waals surface area (Å²) in [6, 6.07) is 13.6. The molecular formula is C22H21N5O4S. The van der Waals surface area contributed by atoms with Crippen LogP contribution in [0.15, 0.2) is 53.9 Å². The highest BCUT2D eigenvalue weighted by Crippen LogP contribution is 2.23. The Morgan fingerprint density at radius 1 is 1.19 bits per heavy atom. The Bertz CT molecular complexity index is 1160. The van der Waals surface area contributed by atoms with E-state index >= 15 is 0 Å². The Balaban J connectivity index is 1.42. The van der Waals surface area contributed by atoms with Crippen molar-refractivity contribution >= 4 is 45.7 Å². The van der Waals surface area contributed by atoms with Crippen molar-refractivity contribution in [3.63, 3.8) is 0 Å². The van der Waals surface area contributed by atoms with E-state index in [9.17, 15) is 14.4 Å². The molecule has 2 heterocycles. The number of amides is 4. The van der Waals surface area contributed by atoms with Crippen molar-refractivity contribution in [2.45, 2.75) is 6.42 Å². The minimum absolute atomic E-state index is 0.0256. The molecule has 2 aromatic carbocycles. The zero-order valence-corrected chi connectivity index (χ0v) is 18.1. The van der Waals surface area contributed by atoms with Gasteiger partial charge >= 0.3 is 6.03 Å². The van der Waals surface area contributed by atoms with Crippen LogP contribution in [0.1, 0.15) is 16.1 Å². The maximum Gasteiger partial charge on any atom is 0.323 e. The lowest BCUT2D eigenvalue weighted by Gasteiger charge is -2.12. The van der Waals surface area contributed by atoms with Gasteiger partial charge in [0.05, 0.1) is 30.5 Å². The zero-order valence-electron chi connectivity index (χ0n) is 17.3. The van der Waals surface area contributed by atoms with Gasteiger partial charge in [0.15, 0.2) is 5.13 Å². The van der Waals surface area contributed by atoms with Gasteiger partial charge in [0.25, 0.3) is 5.91 Å². The molecule has 0 saturated carbocycles. The third-order valence-electron chi connectivity index (χ3n) is 4.74. The number of hydrogen-bond donors (Lipinski definition) is 3. The number of rotatable bonds is 7. The average molecular weight is 452 g/mol. The molecule has 3 aromatic rings. The molecule has 3 N–H and O–H groups in total. The predicted molar refractivity (Wildman–Crippen MR) is 123 cm³/mol. The minimum Gasteiger partial charge on any atom is -0.497 e. The van der Waals surface area contributed by atoms with Crippen LogP contribution >= 0.6 is 11.3 Å². The third-order valence-corrected chi connectivity index (χ3v) is 5.65. The van der Waals surface area contributed by atoms with Crippen molar-refractivity contribution in [3.8, 4) is 5.75 Å². The zero-order chi connectivity index (χ0) is 22.5. The van der Waals surface area contributed by atoms with E-state index in [4.69, 9.17) is 4.74 Å². The second kappa shape index (κ2) is 9.48. The van der Waals surface area contributed by atoms with E-state index in [2.05, 4.69) is 20.9 Å². The fourth-order valence-corrected chi connectivity index (χ4v) is 4.05. The van der Waals surface area contributed by atoms with Crippen LogP contribution in [0.3, 0.4) is 0 Å². The topological polar surface area (TPSA) is 113 Å². The number of urea groups is 1. The van der Waals surface area contributed by atoms with E-state index in [1.54, 1.807) is 65.9 Å². The lowest BCUT2D eigenvalue weighted by Crippen LogP contribution is -2.27. The number of methoxy groups -OCH3 is 1. The molecule has 1 fully saturated rings. The lowest BCUT2D eigenvalue weighted by molar-refractivity contribution is -0.115. The molecule has 1 saturated heterocycles. The highest BCUT2D eigenvalue weighted by molar-refractivity contribution is 7.14. The summed E-state index contributed by atoms with van der Waals surface area (Å²) < 4.78 is 5.18. The van der Waals surface area contributed by atoms with Gasteiger partial charge < -0.3 is 20.7 Å². The number of para-hydroxylation sites is 1. The second-order valence-electron chi connectivity index (χ2n) is 6.96. The first kappa shape index (κ1) is 21.3. The summed E-state index contributed by atoms with van der Waals surface area (Å²) in [5.41, 5.74) is 1.86. The van der Waals surface area contributed by atoms with Crippen LogP contribution < -0.4 is 25.6 Å². The van der Waals surface area contributed by atoms with Crippen LogP contribution in [0.25, 0.3) is 0 Å². The fraction of sp³-hybridized carbons (Fsp3) is 0.182. The number of hydrogen-bond acceptors (Lipinski definition) is 6. The Morgan fingerprint density at radius 2 is 2.03 bits per heavy atom. The number of benzene rings is 2. The summed E-state index contributed by atoms with van der Waals surface area (Å²) in [5, 5.41) is 10.6. The smallest absolute Gasteiger partial charge is 0.323 e. The molecule has 0 spiro atoms. The Kier molecular flexibility index (Phi) is 6.31. The summed E-state index contributed by atoms with van der Waals surface area (Å²) >= 11 is 1.31. The van der Waals surface area contributed by atoms with Crippen LogP contribution in [0.5, 0.6) is 5.75 Å². The molecule has 1 aliphatic rings. The third kappa shape index (κ3) is 4.86. The lowest BCUT2D eigenvalue weighted by atomic mass is 10.1. The van der Waals surface area contributed by atoms with E-state index in [0.29, 0.717) is 46.6 Å². The molecule has 0 unspecified atom stereocenters. The molecule has 10 heteroatoms. The Hall–Kier alpha value is -3.92. The Labute approximate surface area is 188 Å². The molecular weight excluding hydrogens is 430 g/mol. The molecule has 4 amide bonds. The van der Waals surface area contributed by atoms with Gasteiger partial charge in [0.2, 0.25) is 5.91 Å². The van der Waals surface area contributed by atoms with Crippen LogP contribution in [-0.2, 0) is 11.2 Å². The number of nitrogens with one attached hydrogen (secondary N) is 3. The van der Waals surface area contributed by atoms with Crippen molar-refractivity contribution in [1.82, 2.24) is 10.3 Å². The standard InChI is InChI=1S/C22H21N5O4S/c1-31-16-6-4-5-14(11-16)24-20(29)17-7-2-3-8-18(17)26-19(28)12-15-13-32-22(25-15)27-10-9-23-21(27)30/h2-8,11,13H,9-10,12H2,1H3,(H,23,30)(H,24,29)(H,26,28). The number of anilines is 3. The summed E-state index contributed by atoms with van der Waals surface area (Å²) in [6.45, 7) is 1.12. The van der Waals surface area contributed by atoms with Gasteiger partial charge in [-0.3, -0.25) is 14.5 Å². The maximum atomic E-state index is 12.8. The van der Waals surface area contributed by atoms with Crippen molar-refractivity contribution in [3.05, 3.63) is 65.2 Å². The number of ether oxygens (including phenoxy) is 1. The van der Waals surface area contributed by atoms with E-state index in [0.717, 1.165) is 0 Å². The molecule has 1 aliphatic heterocycles. The summed E-state index contributed by atoms with van der Waals surface area (Å²) in [7, 11) is 1.55. The number of nitrogens with zero attached hydrogens (tertiary/aromatic N) is 2. The molecule has 32 heavy (non-hydrogen) atoms. The average Bonchev–Trinajstić information content (AvgIpc) is 3.42. The SMILES string of the molecule is COc1cccc(NC(=O)c2ccccc2NC(=O)Cc2csc(N3CCNC3=O)n2)c1. The van der Waals surface area contributed by atoms with Gasteiger partial charge in [-0.15, -0.1) is 11.3 Å². The highest BCUT2D eigenvalue weighted by Gasteiger charge is 2.24. The van der Waals surface area contributed by atoms with Crippen LogP contribution in [0.4, 0.5) is 21.3 Å². The summed E-state index contributed by atoms with van der Waals surface area (Å²) in [4.78, 5) is 43.1. The second-order valence-corrected chi connectivity index (χ2v) is 7.80. The number of aromatic nitrogens is 1. The van der Waals surface area contributed by atoms with Crippen LogP contribution in [-0.4, -0.2) is 43.0 Å². The fourth-order valence-electron chi connectivity index (χ4n) is 3.20. The molecule has 164 valence electrons. The number of carbonyl (C=O) groups excluding carboxylic acids is 3. The molecule has 0 radical (unpaired) electrons. The van der Waals surface area contributed by atoms with E-state index in [-0.39, 0.29) is 24.3 Å². The first-order chi connectivity index (χ1) is 15.5. The molecule has 1 aromatic heterocycles. The van der Waals surface area contributed by atoms with Crippen molar-refractivity contribution in [1.29, 1.82) is 0 Å². The van der Waals surface area contributed by atoms with E-state index in [1.165, 1.54) is 11.3 Å². The molecule has 0 bridgehead atoms. The van der Waals surface area contributed by atoms with Gasteiger partial charge in [-0.2, -0.15) is 0 Å². The van der Waals surface area contributed by atoms with Gasteiger partial charge in [-0.25, -0.2) is 9.78 Å². The highest BCUT2D eigenvalue weighted by atomic mass is 32.1. The van der Waals surface area contributed by atoms with Gasteiger partial charge in [0.1, 0.15) is 5.75 Å². The monoisotopic (exact) mass is 451 g/mol. The molecule has 0 aliphatic carbocycles. The number of carbonyl (C=O) groups is 3. The van der Waals surface area contributed by atoms with Crippen LogP contribution in [0, 0.1) is 0 Å². The van der Waals surface area contributed by atoms with E-state index < -0.39 is 0 Å². The quantitative estimate of drug-likeness (QED) is 0.511. The molecule has 4 rings (SSSR count). The first-order valence-electron chi connectivity index (χ1n) is 9.87. The summed E-state index contributed by atoms with van der Waals surface area (Å²) in [6.07, 6.45) is 0.0256. The van der Waals surface area contributed by atoms with Crippen molar-refractivity contribution in [2.24, 2.45) is 0 Å². The van der Waals surface area contributed by atoms with Crippen molar-refractivity contribution < 1.29 is 19.1 Å². The summed E-state index contributed by atoms with van der Waals surface area (Å²) in [5.74, 6) is -0.0436. The minimum atomic E-state index is -0.356. The maximum absolute atomic E-state index is 12.8. The van der Waals surface area contributed by atoms with Gasteiger partial charge in [0, 0.05) is 30.2 Å². The largest absolute Gasteiger partial charge is 0.497 e. The normalized spacial score (nSPS) is 12.9. The predicted octanol–water partition coefficient (Wildman–Crippen LogP) is 3.11. The van der Waals surface area contributed by atoms with Gasteiger partial charge in [-0.1, -0.05) is 18.2 Å². The molecule has 0 atom stereocenters. The number of thiazole rings is 1. The first-order valence-corrected chi connectivity index (χ1v) is 10.8. The van der Waals surface area contributed by atoms with Crippen LogP contribution in [0.2, 0.25) is 0 Å². The van der Waals surface area contributed by atoms with E-state index in [1.807, 2.05) is 0 Å². The Morgan fingerprint density at radius 3 is 2.81 bits per heavy atom.